The number of rotatable bonds is 11. The van der Waals surface area contributed by atoms with Crippen molar-refractivity contribution < 1.29 is 33.4 Å². The molecule has 0 saturated heterocycles. The highest BCUT2D eigenvalue weighted by molar-refractivity contribution is 6.01. The normalized spacial score (nSPS) is 11.3. The van der Waals surface area contributed by atoms with Crippen LogP contribution in [0.2, 0.25) is 0 Å². The molecular weight excluding hydrogens is 518 g/mol. The number of hydrogen-bond acceptors (Lipinski definition) is 7. The van der Waals surface area contributed by atoms with Crippen LogP contribution in [0.25, 0.3) is 0 Å². The first-order valence-electron chi connectivity index (χ1n) is 12.5. The number of aryl methyl sites for hydroxylation is 2. The number of carboxylic acids is 1. The number of likely N-dealkylation sites (N-methyl/N-ethyl adjacent to an activating group) is 1. The van der Waals surface area contributed by atoms with E-state index >= 15 is 0 Å². The van der Waals surface area contributed by atoms with Crippen LogP contribution in [0, 0.1) is 13.8 Å². The third-order valence-electron chi connectivity index (χ3n) is 6.07. The number of carbonyl (C=O) groups excluding carboxylic acids is 3. The highest BCUT2D eigenvalue weighted by Gasteiger charge is 2.23. The Morgan fingerprint density at radius 3 is 2.42 bits per heavy atom. The molecule has 2 aromatic carbocycles. The summed E-state index contributed by atoms with van der Waals surface area (Å²) in [4.78, 5) is 53.9. The smallest absolute Gasteiger partial charge is 0.326 e. The summed E-state index contributed by atoms with van der Waals surface area (Å²) in [5, 5.41) is 17.3. The van der Waals surface area contributed by atoms with Gasteiger partial charge in [0.05, 0.1) is 31.5 Å². The Labute approximate surface area is 231 Å². The number of anilines is 2. The molecule has 1 unspecified atom stereocenters. The number of benzene rings is 2. The van der Waals surface area contributed by atoms with Gasteiger partial charge >= 0.3 is 12.0 Å². The third kappa shape index (κ3) is 8.06. The SMILES string of the molecule is COc1cc(CC(=O)N(C)Cc2nc(CC(NC(C)=O)C(=O)O)c(C)o2)ccc1NC(=O)Nc1ccccc1C. The topological polar surface area (TPSA) is 163 Å². The van der Waals surface area contributed by atoms with E-state index in [2.05, 4.69) is 20.9 Å². The van der Waals surface area contributed by atoms with Gasteiger partial charge in [-0.1, -0.05) is 24.3 Å². The van der Waals surface area contributed by atoms with Crippen molar-refractivity contribution in [3.05, 3.63) is 70.9 Å². The number of urea groups is 1. The van der Waals surface area contributed by atoms with Crippen LogP contribution in [0.5, 0.6) is 5.75 Å². The number of para-hydroxylation sites is 1. The average molecular weight is 552 g/mol. The van der Waals surface area contributed by atoms with Crippen LogP contribution in [-0.4, -0.2) is 59.0 Å². The van der Waals surface area contributed by atoms with Gasteiger partial charge in [-0.15, -0.1) is 0 Å². The fourth-order valence-corrected chi connectivity index (χ4v) is 3.92. The van der Waals surface area contributed by atoms with Gasteiger partial charge in [0.2, 0.25) is 17.7 Å². The molecule has 3 aromatic rings. The van der Waals surface area contributed by atoms with Crippen molar-refractivity contribution in [1.29, 1.82) is 0 Å². The fourth-order valence-electron chi connectivity index (χ4n) is 3.92. The van der Waals surface area contributed by atoms with E-state index in [1.807, 2.05) is 25.1 Å². The van der Waals surface area contributed by atoms with Crippen molar-refractivity contribution in [2.75, 3.05) is 24.8 Å². The van der Waals surface area contributed by atoms with Gasteiger partial charge in [0.15, 0.2) is 0 Å². The molecule has 40 heavy (non-hydrogen) atoms. The lowest BCUT2D eigenvalue weighted by atomic mass is 10.1. The number of amides is 4. The van der Waals surface area contributed by atoms with E-state index in [9.17, 15) is 24.3 Å². The fraction of sp³-hybridized carbons (Fsp3) is 0.321. The summed E-state index contributed by atoms with van der Waals surface area (Å²) in [6.45, 7) is 4.84. The standard InChI is InChI=1S/C28H33N5O7/c1-16-8-6-7-9-20(16)31-28(38)32-21-11-10-19(12-24(21)39-5)13-26(35)33(4)15-25-30-22(17(2)40-25)14-23(27(36)37)29-18(3)34/h6-12,23H,13-15H2,1-5H3,(H,29,34)(H,36,37)(H2,31,32,38). The van der Waals surface area contributed by atoms with Crippen LogP contribution in [0.3, 0.4) is 0 Å². The van der Waals surface area contributed by atoms with E-state index < -0.39 is 23.9 Å². The quantitative estimate of drug-likeness (QED) is 0.282. The van der Waals surface area contributed by atoms with Gasteiger partial charge in [0, 0.05) is 26.1 Å². The lowest BCUT2D eigenvalue weighted by molar-refractivity contribution is -0.141. The summed E-state index contributed by atoms with van der Waals surface area (Å²) < 4.78 is 11.1. The molecule has 0 aliphatic heterocycles. The minimum atomic E-state index is -1.19. The predicted molar refractivity (Wildman–Crippen MR) is 147 cm³/mol. The molecule has 1 heterocycles. The van der Waals surface area contributed by atoms with Gasteiger partial charge in [0.1, 0.15) is 17.6 Å². The van der Waals surface area contributed by atoms with E-state index in [-0.39, 0.29) is 31.2 Å². The zero-order chi connectivity index (χ0) is 29.4. The number of oxazole rings is 1. The Kier molecular flexibility index (Phi) is 9.85. The van der Waals surface area contributed by atoms with Crippen LogP contribution in [0.1, 0.15) is 35.4 Å². The number of methoxy groups -OCH3 is 1. The van der Waals surface area contributed by atoms with E-state index in [4.69, 9.17) is 9.15 Å². The van der Waals surface area contributed by atoms with Crippen molar-refractivity contribution >= 4 is 35.2 Å². The number of aliphatic carboxylic acids is 1. The molecule has 1 aromatic heterocycles. The maximum Gasteiger partial charge on any atom is 0.326 e. The van der Waals surface area contributed by atoms with Crippen molar-refractivity contribution in [3.8, 4) is 5.75 Å². The van der Waals surface area contributed by atoms with Crippen LogP contribution < -0.4 is 20.7 Å². The Bertz CT molecular complexity index is 1400. The molecule has 212 valence electrons. The van der Waals surface area contributed by atoms with E-state index in [0.717, 1.165) is 5.56 Å². The molecule has 1 atom stereocenters. The molecule has 0 bridgehead atoms. The molecule has 12 nitrogen and oxygen atoms in total. The number of nitrogens with one attached hydrogen (secondary N) is 3. The first-order valence-corrected chi connectivity index (χ1v) is 12.5. The minimum absolute atomic E-state index is 0.0505. The van der Waals surface area contributed by atoms with Gasteiger partial charge in [-0.3, -0.25) is 9.59 Å². The maximum absolute atomic E-state index is 12.9. The van der Waals surface area contributed by atoms with Crippen LogP contribution in [-0.2, 0) is 33.8 Å². The molecule has 0 spiro atoms. The molecule has 0 fully saturated rings. The Morgan fingerprint density at radius 2 is 1.77 bits per heavy atom. The summed E-state index contributed by atoms with van der Waals surface area (Å²) >= 11 is 0. The van der Waals surface area contributed by atoms with Crippen molar-refractivity contribution in [2.45, 2.75) is 46.2 Å². The average Bonchev–Trinajstić information content (AvgIpc) is 3.23. The van der Waals surface area contributed by atoms with Gasteiger partial charge in [0.25, 0.3) is 0 Å². The molecule has 0 saturated carbocycles. The summed E-state index contributed by atoms with van der Waals surface area (Å²) in [7, 11) is 3.07. The van der Waals surface area contributed by atoms with E-state index in [0.29, 0.717) is 34.1 Å². The summed E-state index contributed by atoms with van der Waals surface area (Å²) in [6.07, 6.45) is 0.00375. The highest BCUT2D eigenvalue weighted by Crippen LogP contribution is 2.27. The number of ether oxygens (including phenoxy) is 1. The number of hydrogen-bond donors (Lipinski definition) is 4. The summed E-state index contributed by atoms with van der Waals surface area (Å²) in [6, 6.07) is 10.9. The number of carboxylic acid groups (broad SMARTS) is 1. The van der Waals surface area contributed by atoms with Gasteiger partial charge < -0.3 is 35.1 Å². The molecule has 4 amide bonds. The Morgan fingerprint density at radius 1 is 1.07 bits per heavy atom. The second-order valence-electron chi connectivity index (χ2n) is 9.26. The lowest BCUT2D eigenvalue weighted by Gasteiger charge is -2.16. The minimum Gasteiger partial charge on any atom is -0.495 e. The van der Waals surface area contributed by atoms with Crippen molar-refractivity contribution in [2.24, 2.45) is 0 Å². The number of aromatic nitrogens is 1. The van der Waals surface area contributed by atoms with Crippen LogP contribution in [0.15, 0.2) is 46.9 Å². The lowest BCUT2D eigenvalue weighted by Crippen LogP contribution is -2.41. The first kappa shape index (κ1) is 29.7. The third-order valence-corrected chi connectivity index (χ3v) is 6.07. The molecule has 0 radical (unpaired) electrons. The van der Waals surface area contributed by atoms with E-state index in [1.54, 1.807) is 38.2 Å². The van der Waals surface area contributed by atoms with Gasteiger partial charge in [-0.2, -0.15) is 0 Å². The molecule has 4 N–H and O–H groups in total. The number of carbonyl (C=O) groups is 4. The Balaban J connectivity index is 1.61. The monoisotopic (exact) mass is 551 g/mol. The molecule has 0 aliphatic rings. The first-order chi connectivity index (χ1) is 19.0. The highest BCUT2D eigenvalue weighted by atomic mass is 16.5. The predicted octanol–water partition coefficient (Wildman–Crippen LogP) is 3.28. The summed E-state index contributed by atoms with van der Waals surface area (Å²) in [5.41, 5.74) is 3.11. The largest absolute Gasteiger partial charge is 0.495 e. The number of nitrogens with zero attached hydrogens (tertiary/aromatic N) is 2. The molecular formula is C28H33N5O7. The van der Waals surface area contributed by atoms with Crippen LogP contribution >= 0.6 is 0 Å². The zero-order valence-electron chi connectivity index (χ0n) is 23.0. The Hall–Kier alpha value is -4.87. The molecule has 3 rings (SSSR count). The summed E-state index contributed by atoms with van der Waals surface area (Å²) in [5.74, 6) is -0.828. The van der Waals surface area contributed by atoms with Gasteiger partial charge in [-0.05, 0) is 43.2 Å². The van der Waals surface area contributed by atoms with Gasteiger partial charge in [-0.25, -0.2) is 14.6 Å². The van der Waals surface area contributed by atoms with Crippen LogP contribution in [0.4, 0.5) is 16.2 Å². The van der Waals surface area contributed by atoms with Crippen molar-refractivity contribution in [1.82, 2.24) is 15.2 Å². The second-order valence-corrected chi connectivity index (χ2v) is 9.26. The molecule has 0 aliphatic carbocycles. The maximum atomic E-state index is 12.9. The van der Waals surface area contributed by atoms with E-state index in [1.165, 1.54) is 18.9 Å². The molecule has 12 heteroatoms. The second kappa shape index (κ2) is 13.3. The van der Waals surface area contributed by atoms with Crippen molar-refractivity contribution in [3.63, 3.8) is 0 Å². The zero-order valence-corrected chi connectivity index (χ0v) is 23.0.